The topological polar surface area (TPSA) is 50.2 Å². The Morgan fingerprint density at radius 2 is 1.84 bits per heavy atom. The quantitative estimate of drug-likeness (QED) is 0.592. The highest BCUT2D eigenvalue weighted by atomic mass is 19.1. The number of benzene rings is 2. The fourth-order valence-electron chi connectivity index (χ4n) is 4.24. The molecule has 1 saturated carbocycles. The molecule has 4 rings (SSSR count). The van der Waals surface area contributed by atoms with Crippen LogP contribution in [0.1, 0.15) is 40.2 Å². The first-order valence-electron chi connectivity index (χ1n) is 10.8. The van der Waals surface area contributed by atoms with Gasteiger partial charge in [0.25, 0.3) is 5.91 Å². The lowest BCUT2D eigenvalue weighted by Crippen LogP contribution is -2.43. The summed E-state index contributed by atoms with van der Waals surface area (Å²) in [5.41, 5.74) is 4.01. The van der Waals surface area contributed by atoms with E-state index in [4.69, 9.17) is 0 Å². The fraction of sp³-hybridized carbons (Fsp3) is 0.360. The summed E-state index contributed by atoms with van der Waals surface area (Å²) in [7, 11) is 2.13. The molecule has 3 aromatic rings. The van der Waals surface area contributed by atoms with Crippen LogP contribution >= 0.6 is 0 Å². The molecule has 31 heavy (non-hydrogen) atoms. The number of nitrogens with one attached hydrogen (secondary N) is 1. The molecule has 0 radical (unpaired) electrons. The summed E-state index contributed by atoms with van der Waals surface area (Å²) >= 11 is 0. The molecule has 1 fully saturated rings. The van der Waals surface area contributed by atoms with E-state index >= 15 is 0 Å². The summed E-state index contributed by atoms with van der Waals surface area (Å²) in [6.07, 6.45) is 2.42. The molecule has 1 N–H and O–H groups in total. The highest BCUT2D eigenvalue weighted by Crippen LogP contribution is 2.35. The van der Waals surface area contributed by atoms with E-state index in [1.54, 1.807) is 16.8 Å². The number of carbonyl (C=O) groups excluding carboxylic acids is 1. The van der Waals surface area contributed by atoms with Crippen molar-refractivity contribution in [3.05, 3.63) is 82.9 Å². The zero-order chi connectivity index (χ0) is 22.0. The Kier molecular flexibility index (Phi) is 6.18. The average Bonchev–Trinajstić information content (AvgIpc) is 3.54. The molecule has 1 aliphatic carbocycles. The van der Waals surface area contributed by atoms with Crippen LogP contribution in [0.2, 0.25) is 0 Å². The third kappa shape index (κ3) is 4.85. The van der Waals surface area contributed by atoms with Crippen molar-refractivity contribution in [3.63, 3.8) is 0 Å². The monoisotopic (exact) mass is 420 g/mol. The van der Waals surface area contributed by atoms with E-state index in [0.717, 1.165) is 17.9 Å². The zero-order valence-corrected chi connectivity index (χ0v) is 18.3. The van der Waals surface area contributed by atoms with Crippen molar-refractivity contribution in [2.45, 2.75) is 39.3 Å². The molecule has 1 atom stereocenters. The summed E-state index contributed by atoms with van der Waals surface area (Å²) in [6.45, 7) is 5.17. The largest absolute Gasteiger partial charge is 0.350 e. The van der Waals surface area contributed by atoms with Gasteiger partial charge in [0.15, 0.2) is 0 Å². The molecule has 6 heteroatoms. The smallest absolute Gasteiger partial charge is 0.255 e. The molecule has 0 saturated heterocycles. The maximum absolute atomic E-state index is 13.3. The molecule has 5 nitrogen and oxygen atoms in total. The summed E-state index contributed by atoms with van der Waals surface area (Å²) in [5, 5.41) is 7.67. The van der Waals surface area contributed by atoms with Crippen LogP contribution < -0.4 is 5.32 Å². The van der Waals surface area contributed by atoms with Crippen molar-refractivity contribution in [2.24, 2.45) is 5.92 Å². The van der Waals surface area contributed by atoms with Gasteiger partial charge in [-0.15, -0.1) is 0 Å². The lowest BCUT2D eigenvalue weighted by atomic mass is 10.1. The molecule has 0 bridgehead atoms. The Morgan fingerprint density at radius 3 is 2.48 bits per heavy atom. The van der Waals surface area contributed by atoms with Crippen LogP contribution in [0.3, 0.4) is 0 Å². The molecule has 0 spiro atoms. The number of nitrogens with zero attached hydrogens (tertiary/aromatic N) is 3. The number of aromatic nitrogens is 2. The number of rotatable bonds is 8. The van der Waals surface area contributed by atoms with E-state index in [1.807, 2.05) is 19.9 Å². The number of hydrogen-bond donors (Lipinski definition) is 1. The van der Waals surface area contributed by atoms with Gasteiger partial charge in [0.1, 0.15) is 5.82 Å². The first-order valence-corrected chi connectivity index (χ1v) is 10.8. The number of likely N-dealkylation sites (N-methyl/N-ethyl adjacent to an activating group) is 1. The van der Waals surface area contributed by atoms with Crippen molar-refractivity contribution in [2.75, 3.05) is 13.6 Å². The molecule has 1 aromatic heterocycles. The molecule has 1 aliphatic rings. The molecule has 1 amide bonds. The first kappa shape index (κ1) is 21.2. The van der Waals surface area contributed by atoms with Crippen LogP contribution in [-0.2, 0) is 6.54 Å². The fourth-order valence-corrected chi connectivity index (χ4v) is 4.24. The van der Waals surface area contributed by atoms with Gasteiger partial charge >= 0.3 is 0 Å². The Balaban J connectivity index is 1.45. The molecular weight excluding hydrogens is 391 g/mol. The first-order chi connectivity index (χ1) is 14.9. The van der Waals surface area contributed by atoms with Crippen LogP contribution in [0.5, 0.6) is 0 Å². The number of aryl methyl sites for hydroxylation is 1. The molecule has 2 aromatic carbocycles. The minimum atomic E-state index is -0.297. The number of halogens is 1. The van der Waals surface area contributed by atoms with E-state index < -0.39 is 0 Å². The van der Waals surface area contributed by atoms with Gasteiger partial charge in [-0.2, -0.15) is 5.10 Å². The molecule has 0 aliphatic heterocycles. The summed E-state index contributed by atoms with van der Waals surface area (Å²) < 4.78 is 15.0. The van der Waals surface area contributed by atoms with Crippen molar-refractivity contribution in [3.8, 4) is 5.69 Å². The van der Waals surface area contributed by atoms with Gasteiger partial charge in [-0.05, 0) is 69.5 Å². The van der Waals surface area contributed by atoms with Crippen molar-refractivity contribution in [1.29, 1.82) is 0 Å². The molecular formula is C25H29FN4O. The number of carbonyl (C=O) groups is 1. The zero-order valence-electron chi connectivity index (χ0n) is 18.3. The average molecular weight is 421 g/mol. The van der Waals surface area contributed by atoms with Crippen LogP contribution in [0.4, 0.5) is 4.39 Å². The highest BCUT2D eigenvalue weighted by Gasteiger charge is 2.34. The van der Waals surface area contributed by atoms with Crippen LogP contribution in [0, 0.1) is 25.6 Å². The minimum Gasteiger partial charge on any atom is -0.350 e. The standard InChI is InChI=1S/C25H29FN4O/c1-17-24(18(2)30(28-17)22-13-11-21(26)12-14-22)25(31)27-15-23(20-9-10-20)29(3)16-19-7-5-4-6-8-19/h4-8,11-14,20,23H,9-10,15-16H2,1-3H3,(H,27,31)/t23-/m1/s1. The number of hydrogen-bond acceptors (Lipinski definition) is 3. The Morgan fingerprint density at radius 1 is 1.16 bits per heavy atom. The van der Waals surface area contributed by atoms with Crippen molar-refractivity contribution >= 4 is 5.91 Å². The van der Waals surface area contributed by atoms with Crippen molar-refractivity contribution < 1.29 is 9.18 Å². The van der Waals surface area contributed by atoms with Gasteiger partial charge in [-0.1, -0.05) is 30.3 Å². The normalized spacial score (nSPS) is 14.6. The molecule has 1 heterocycles. The van der Waals surface area contributed by atoms with E-state index in [-0.39, 0.29) is 11.7 Å². The lowest BCUT2D eigenvalue weighted by molar-refractivity contribution is 0.0931. The number of amides is 1. The highest BCUT2D eigenvalue weighted by molar-refractivity contribution is 5.96. The maximum atomic E-state index is 13.3. The predicted molar refractivity (Wildman–Crippen MR) is 120 cm³/mol. The summed E-state index contributed by atoms with van der Waals surface area (Å²) in [4.78, 5) is 15.4. The minimum absolute atomic E-state index is 0.109. The Bertz CT molecular complexity index is 1040. The van der Waals surface area contributed by atoms with E-state index in [9.17, 15) is 9.18 Å². The van der Waals surface area contributed by atoms with Gasteiger partial charge in [0.05, 0.1) is 22.6 Å². The SMILES string of the molecule is Cc1nn(-c2ccc(F)cc2)c(C)c1C(=O)NC[C@H](C1CC1)N(C)Cc1ccccc1. The third-order valence-corrected chi connectivity index (χ3v) is 6.07. The van der Waals surface area contributed by atoms with Gasteiger partial charge in [-0.25, -0.2) is 9.07 Å². The van der Waals surface area contributed by atoms with E-state index in [0.29, 0.717) is 29.8 Å². The van der Waals surface area contributed by atoms with E-state index in [2.05, 4.69) is 46.6 Å². The van der Waals surface area contributed by atoms with Crippen molar-refractivity contribution in [1.82, 2.24) is 20.0 Å². The maximum Gasteiger partial charge on any atom is 0.255 e. The van der Waals surface area contributed by atoms with E-state index in [1.165, 1.54) is 30.5 Å². The lowest BCUT2D eigenvalue weighted by Gasteiger charge is -2.28. The predicted octanol–water partition coefficient (Wildman–Crippen LogP) is 4.27. The van der Waals surface area contributed by atoms with Gasteiger partial charge in [0, 0.05) is 19.1 Å². The second-order valence-electron chi connectivity index (χ2n) is 8.45. The summed E-state index contributed by atoms with van der Waals surface area (Å²) in [6, 6.07) is 16.8. The Hall–Kier alpha value is -2.99. The van der Waals surface area contributed by atoms with Gasteiger partial charge in [0.2, 0.25) is 0 Å². The molecule has 0 unspecified atom stereocenters. The van der Waals surface area contributed by atoms with Crippen LogP contribution in [0.15, 0.2) is 54.6 Å². The third-order valence-electron chi connectivity index (χ3n) is 6.07. The second-order valence-corrected chi connectivity index (χ2v) is 8.45. The second kappa shape index (κ2) is 9.02. The van der Waals surface area contributed by atoms with Crippen LogP contribution in [0.25, 0.3) is 5.69 Å². The molecule has 162 valence electrons. The van der Waals surface area contributed by atoms with Gasteiger partial charge in [-0.3, -0.25) is 9.69 Å². The van der Waals surface area contributed by atoms with Crippen LogP contribution in [-0.4, -0.2) is 40.2 Å². The summed E-state index contributed by atoms with van der Waals surface area (Å²) in [5.74, 6) is 0.217. The van der Waals surface area contributed by atoms with Gasteiger partial charge < -0.3 is 5.32 Å². The Labute approximate surface area is 182 Å².